The summed E-state index contributed by atoms with van der Waals surface area (Å²) in [6.45, 7) is 6.00. The van der Waals surface area contributed by atoms with E-state index in [0.717, 1.165) is 18.2 Å². The molecule has 1 aromatic rings. The first-order valence-electron chi connectivity index (χ1n) is 6.74. The van der Waals surface area contributed by atoms with Gasteiger partial charge in [-0.3, -0.25) is 9.59 Å². The van der Waals surface area contributed by atoms with Crippen molar-refractivity contribution < 1.29 is 18.4 Å². The number of anilines is 1. The molecular formula is C15H18F2N2O2. The van der Waals surface area contributed by atoms with Crippen LogP contribution in [-0.2, 0) is 9.59 Å². The van der Waals surface area contributed by atoms with Crippen LogP contribution < -0.4 is 5.32 Å². The molecule has 1 saturated heterocycles. The molecule has 21 heavy (non-hydrogen) atoms. The van der Waals surface area contributed by atoms with Gasteiger partial charge in [-0.15, -0.1) is 0 Å². The van der Waals surface area contributed by atoms with Crippen LogP contribution >= 0.6 is 0 Å². The molecule has 0 spiro atoms. The molecule has 1 aliphatic heterocycles. The van der Waals surface area contributed by atoms with E-state index < -0.39 is 23.5 Å². The highest BCUT2D eigenvalue weighted by molar-refractivity contribution is 5.97. The molecule has 1 aromatic carbocycles. The van der Waals surface area contributed by atoms with Crippen molar-refractivity contribution in [1.82, 2.24) is 4.90 Å². The number of rotatable bonds is 2. The lowest BCUT2D eigenvalue weighted by molar-refractivity contribution is -0.131. The lowest BCUT2D eigenvalue weighted by Gasteiger charge is -2.31. The number of carbonyl (C=O) groups excluding carboxylic acids is 2. The van der Waals surface area contributed by atoms with Gasteiger partial charge in [-0.1, -0.05) is 0 Å². The number of amides is 2. The van der Waals surface area contributed by atoms with Crippen LogP contribution in [0.3, 0.4) is 0 Å². The first-order chi connectivity index (χ1) is 9.66. The van der Waals surface area contributed by atoms with E-state index in [4.69, 9.17) is 0 Å². The standard InChI is InChI=1S/C15H18F2N2O2/c1-15(2,3)19-8-9(4-13(19)20)14(21)18-12-6-10(16)5-11(17)7-12/h5-7,9H,4,8H2,1-3H3,(H,18,21)/t9-/m1/s1. The summed E-state index contributed by atoms with van der Waals surface area (Å²) < 4.78 is 26.2. The molecule has 0 aliphatic carbocycles. The second-order valence-electron chi connectivity index (χ2n) is 6.22. The molecule has 0 bridgehead atoms. The predicted octanol–water partition coefficient (Wildman–Crippen LogP) is 2.55. The highest BCUT2D eigenvalue weighted by Gasteiger charge is 2.39. The summed E-state index contributed by atoms with van der Waals surface area (Å²) in [5.41, 5.74) is -0.295. The molecule has 6 heteroatoms. The van der Waals surface area contributed by atoms with Gasteiger partial charge in [0.05, 0.1) is 5.92 Å². The molecule has 4 nitrogen and oxygen atoms in total. The first kappa shape index (κ1) is 15.4. The fraction of sp³-hybridized carbons (Fsp3) is 0.467. The Bertz CT molecular complexity index is 561. The summed E-state index contributed by atoms with van der Waals surface area (Å²) >= 11 is 0. The van der Waals surface area contributed by atoms with Gasteiger partial charge in [-0.05, 0) is 32.9 Å². The maximum absolute atomic E-state index is 13.1. The van der Waals surface area contributed by atoms with Gasteiger partial charge in [0.15, 0.2) is 0 Å². The Balaban J connectivity index is 2.07. The Kier molecular flexibility index (Phi) is 3.98. The summed E-state index contributed by atoms with van der Waals surface area (Å²) in [5.74, 6) is -2.52. The Morgan fingerprint density at radius 3 is 2.29 bits per heavy atom. The molecule has 0 radical (unpaired) electrons. The quantitative estimate of drug-likeness (QED) is 0.912. The van der Waals surface area contributed by atoms with Gasteiger partial charge in [0, 0.05) is 30.3 Å². The SMILES string of the molecule is CC(C)(C)N1C[C@H](C(=O)Nc2cc(F)cc(F)c2)CC1=O. The summed E-state index contributed by atoms with van der Waals surface area (Å²) in [6.07, 6.45) is 0.112. The molecule has 1 N–H and O–H groups in total. The van der Waals surface area contributed by atoms with Gasteiger partial charge in [-0.25, -0.2) is 8.78 Å². The first-order valence-corrected chi connectivity index (χ1v) is 6.74. The molecule has 1 atom stereocenters. The second kappa shape index (κ2) is 5.42. The fourth-order valence-corrected chi connectivity index (χ4v) is 2.40. The molecule has 0 aromatic heterocycles. The van der Waals surface area contributed by atoms with Crippen LogP contribution in [0.2, 0.25) is 0 Å². The second-order valence-corrected chi connectivity index (χ2v) is 6.22. The van der Waals surface area contributed by atoms with Gasteiger partial charge >= 0.3 is 0 Å². The molecule has 1 fully saturated rings. The van der Waals surface area contributed by atoms with Crippen molar-refractivity contribution in [2.24, 2.45) is 5.92 Å². The summed E-state index contributed by atoms with van der Waals surface area (Å²) in [4.78, 5) is 25.7. The number of carbonyl (C=O) groups is 2. The Labute approximate surface area is 122 Å². The van der Waals surface area contributed by atoms with Crippen molar-refractivity contribution in [2.45, 2.75) is 32.7 Å². The van der Waals surface area contributed by atoms with Crippen LogP contribution in [0.15, 0.2) is 18.2 Å². The highest BCUT2D eigenvalue weighted by atomic mass is 19.1. The molecule has 2 amide bonds. The van der Waals surface area contributed by atoms with Crippen LogP contribution in [0, 0.1) is 17.6 Å². The van der Waals surface area contributed by atoms with Gasteiger partial charge in [0.25, 0.3) is 0 Å². The summed E-state index contributed by atoms with van der Waals surface area (Å²) in [6, 6.07) is 2.81. The zero-order valence-corrected chi connectivity index (χ0v) is 12.2. The van der Waals surface area contributed by atoms with E-state index in [2.05, 4.69) is 5.32 Å². The number of halogens is 2. The van der Waals surface area contributed by atoms with Crippen molar-refractivity contribution in [3.63, 3.8) is 0 Å². The highest BCUT2D eigenvalue weighted by Crippen LogP contribution is 2.26. The van der Waals surface area contributed by atoms with Crippen LogP contribution in [0.4, 0.5) is 14.5 Å². The zero-order valence-electron chi connectivity index (χ0n) is 12.2. The van der Waals surface area contributed by atoms with Gasteiger partial charge < -0.3 is 10.2 Å². The van der Waals surface area contributed by atoms with Gasteiger partial charge in [0.1, 0.15) is 11.6 Å². The van der Waals surface area contributed by atoms with Crippen molar-refractivity contribution in [3.05, 3.63) is 29.8 Å². The van der Waals surface area contributed by atoms with E-state index >= 15 is 0 Å². The smallest absolute Gasteiger partial charge is 0.229 e. The third-order valence-electron chi connectivity index (χ3n) is 3.44. The maximum Gasteiger partial charge on any atom is 0.229 e. The van der Waals surface area contributed by atoms with Crippen molar-refractivity contribution in [1.29, 1.82) is 0 Å². The molecule has 0 unspecified atom stereocenters. The largest absolute Gasteiger partial charge is 0.337 e. The molecule has 1 aliphatic rings. The van der Waals surface area contributed by atoms with E-state index in [0.29, 0.717) is 6.54 Å². The average molecular weight is 296 g/mol. The van der Waals surface area contributed by atoms with E-state index in [1.807, 2.05) is 20.8 Å². The lowest BCUT2D eigenvalue weighted by atomic mass is 10.1. The lowest BCUT2D eigenvalue weighted by Crippen LogP contribution is -2.42. The topological polar surface area (TPSA) is 49.4 Å². The third-order valence-corrected chi connectivity index (χ3v) is 3.44. The fourth-order valence-electron chi connectivity index (χ4n) is 2.40. The maximum atomic E-state index is 13.1. The van der Waals surface area contributed by atoms with Crippen molar-refractivity contribution >= 4 is 17.5 Å². The van der Waals surface area contributed by atoms with Crippen LogP contribution in [0.25, 0.3) is 0 Å². The van der Waals surface area contributed by atoms with Gasteiger partial charge in [0.2, 0.25) is 11.8 Å². The molecule has 114 valence electrons. The minimum atomic E-state index is -0.760. The Morgan fingerprint density at radius 1 is 1.24 bits per heavy atom. The molecule has 2 rings (SSSR count). The monoisotopic (exact) mass is 296 g/mol. The summed E-state index contributed by atoms with van der Waals surface area (Å²) in [5, 5.41) is 2.46. The predicted molar refractivity (Wildman–Crippen MR) is 74.6 cm³/mol. The normalized spacial score (nSPS) is 19.0. The minimum Gasteiger partial charge on any atom is -0.337 e. The number of likely N-dealkylation sites (tertiary alicyclic amines) is 1. The number of hydrogen-bond donors (Lipinski definition) is 1. The van der Waals surface area contributed by atoms with E-state index in [9.17, 15) is 18.4 Å². The average Bonchev–Trinajstić information content (AvgIpc) is 2.69. The number of hydrogen-bond acceptors (Lipinski definition) is 2. The van der Waals surface area contributed by atoms with Crippen LogP contribution in [-0.4, -0.2) is 28.8 Å². The van der Waals surface area contributed by atoms with Crippen LogP contribution in [0.5, 0.6) is 0 Å². The van der Waals surface area contributed by atoms with Crippen molar-refractivity contribution in [3.8, 4) is 0 Å². The number of benzene rings is 1. The minimum absolute atomic E-state index is 0.0548. The molecule has 1 heterocycles. The Morgan fingerprint density at radius 2 is 1.81 bits per heavy atom. The summed E-state index contributed by atoms with van der Waals surface area (Å²) in [7, 11) is 0. The van der Waals surface area contributed by atoms with Crippen LogP contribution in [0.1, 0.15) is 27.2 Å². The number of nitrogens with zero attached hydrogens (tertiary/aromatic N) is 1. The van der Waals surface area contributed by atoms with E-state index in [1.165, 1.54) is 0 Å². The Hall–Kier alpha value is -1.98. The zero-order chi connectivity index (χ0) is 15.8. The van der Waals surface area contributed by atoms with Crippen molar-refractivity contribution in [2.75, 3.05) is 11.9 Å². The number of nitrogens with one attached hydrogen (secondary N) is 1. The molecule has 0 saturated carbocycles. The van der Waals surface area contributed by atoms with E-state index in [1.54, 1.807) is 4.90 Å². The third kappa shape index (κ3) is 3.56. The van der Waals surface area contributed by atoms with E-state index in [-0.39, 0.29) is 23.6 Å². The van der Waals surface area contributed by atoms with Gasteiger partial charge in [-0.2, -0.15) is 0 Å². The molecular weight excluding hydrogens is 278 g/mol.